The number of hydrogen-bond donors (Lipinski definition) is 3. The molecule has 4 aromatic rings. The molecular formula is C24H23N3O5. The minimum Gasteiger partial charge on any atom is -0.496 e. The van der Waals surface area contributed by atoms with Crippen LogP contribution in [0.1, 0.15) is 27.9 Å². The summed E-state index contributed by atoms with van der Waals surface area (Å²) in [6, 6.07) is 16.9. The molecule has 0 saturated carbocycles. The summed E-state index contributed by atoms with van der Waals surface area (Å²) in [5, 5.41) is 6.33. The van der Waals surface area contributed by atoms with Crippen LogP contribution in [0.25, 0.3) is 10.9 Å². The number of rotatable bonds is 8. The molecule has 0 radical (unpaired) electrons. The molecule has 164 valence electrons. The average molecular weight is 433 g/mol. The Kier molecular flexibility index (Phi) is 6.12. The molecule has 1 unspecified atom stereocenters. The molecule has 0 spiro atoms. The average Bonchev–Trinajstić information content (AvgIpc) is 3.51. The third-order valence-electron chi connectivity index (χ3n) is 5.09. The maximum Gasteiger partial charge on any atom is 0.268 e. The Morgan fingerprint density at radius 1 is 1.00 bits per heavy atom. The molecule has 0 aliphatic carbocycles. The van der Waals surface area contributed by atoms with Gasteiger partial charge in [0.2, 0.25) is 5.91 Å². The number of carbonyl (C=O) groups excluding carboxylic acids is 2. The molecule has 4 rings (SSSR count). The quantitative estimate of drug-likeness (QED) is 0.394. The number of ether oxygens (including phenoxy) is 2. The zero-order valence-electron chi connectivity index (χ0n) is 17.7. The second-order valence-corrected chi connectivity index (χ2v) is 7.06. The second-order valence-electron chi connectivity index (χ2n) is 7.06. The van der Waals surface area contributed by atoms with Gasteiger partial charge in [-0.05, 0) is 35.9 Å². The highest BCUT2D eigenvalue weighted by Crippen LogP contribution is 2.33. The van der Waals surface area contributed by atoms with E-state index in [-0.39, 0.29) is 18.1 Å². The van der Waals surface area contributed by atoms with E-state index in [2.05, 4.69) is 15.6 Å². The number of aromatic nitrogens is 1. The van der Waals surface area contributed by atoms with E-state index in [0.717, 1.165) is 0 Å². The third kappa shape index (κ3) is 4.29. The lowest BCUT2D eigenvalue weighted by atomic mass is 10.1. The normalized spacial score (nSPS) is 11.7. The van der Waals surface area contributed by atoms with Crippen molar-refractivity contribution in [2.45, 2.75) is 12.6 Å². The standard InChI is InChI=1S/C24H23N3O5/c1-30-19-10-11-20(31-2)22-17(19)13-18(26-22)23(28)27-21(15-7-4-3-5-8-15)24(29)25-14-16-9-6-12-32-16/h3-13,21,26H,14H2,1-2H3,(H,25,29)(H,27,28). The molecule has 0 bridgehead atoms. The Labute approximate surface area is 184 Å². The highest BCUT2D eigenvalue weighted by molar-refractivity contribution is 6.03. The predicted octanol–water partition coefficient (Wildman–Crippen LogP) is 3.57. The molecule has 2 aromatic heterocycles. The first-order valence-corrected chi connectivity index (χ1v) is 10.0. The van der Waals surface area contributed by atoms with Crippen LogP contribution in [-0.4, -0.2) is 31.0 Å². The topological polar surface area (TPSA) is 106 Å². The van der Waals surface area contributed by atoms with Gasteiger partial charge in [-0.25, -0.2) is 0 Å². The van der Waals surface area contributed by atoms with E-state index in [1.54, 1.807) is 56.7 Å². The first-order chi connectivity index (χ1) is 15.6. The van der Waals surface area contributed by atoms with Gasteiger partial charge < -0.3 is 29.5 Å². The molecule has 8 heteroatoms. The summed E-state index contributed by atoms with van der Waals surface area (Å²) in [5.74, 6) is 1.01. The molecule has 1 atom stereocenters. The molecule has 0 saturated heterocycles. The smallest absolute Gasteiger partial charge is 0.268 e. The minimum absolute atomic E-state index is 0.214. The molecule has 2 aromatic carbocycles. The molecule has 32 heavy (non-hydrogen) atoms. The monoisotopic (exact) mass is 433 g/mol. The van der Waals surface area contributed by atoms with Crippen LogP contribution in [-0.2, 0) is 11.3 Å². The van der Waals surface area contributed by atoms with Crippen molar-refractivity contribution in [2.24, 2.45) is 0 Å². The van der Waals surface area contributed by atoms with Crippen molar-refractivity contribution in [1.82, 2.24) is 15.6 Å². The minimum atomic E-state index is -0.895. The molecular weight excluding hydrogens is 410 g/mol. The lowest BCUT2D eigenvalue weighted by molar-refractivity contribution is -0.123. The lowest BCUT2D eigenvalue weighted by Crippen LogP contribution is -2.40. The number of amides is 2. The van der Waals surface area contributed by atoms with Gasteiger partial charge >= 0.3 is 0 Å². The predicted molar refractivity (Wildman–Crippen MR) is 119 cm³/mol. The van der Waals surface area contributed by atoms with Crippen LogP contribution < -0.4 is 20.1 Å². The first-order valence-electron chi connectivity index (χ1n) is 10.0. The van der Waals surface area contributed by atoms with Crippen LogP contribution in [0.15, 0.2) is 71.3 Å². The van der Waals surface area contributed by atoms with Gasteiger partial charge in [0.15, 0.2) is 0 Å². The van der Waals surface area contributed by atoms with Crippen LogP contribution in [0.5, 0.6) is 11.5 Å². The number of H-pyrrole nitrogens is 1. The van der Waals surface area contributed by atoms with Gasteiger partial charge in [0.05, 0.1) is 32.5 Å². The summed E-state index contributed by atoms with van der Waals surface area (Å²) in [5.41, 5.74) is 1.57. The number of hydrogen-bond acceptors (Lipinski definition) is 5. The van der Waals surface area contributed by atoms with E-state index in [0.29, 0.717) is 33.7 Å². The van der Waals surface area contributed by atoms with Crippen molar-refractivity contribution in [3.63, 3.8) is 0 Å². The SMILES string of the molecule is COc1ccc(OC)c2[nH]c(C(=O)NC(C(=O)NCc3ccco3)c3ccccc3)cc12. The number of benzene rings is 2. The third-order valence-corrected chi connectivity index (χ3v) is 5.09. The van der Waals surface area contributed by atoms with Gasteiger partial charge in [-0.2, -0.15) is 0 Å². The van der Waals surface area contributed by atoms with Crippen molar-refractivity contribution < 1.29 is 23.5 Å². The first kappa shape index (κ1) is 21.0. The Bertz CT molecular complexity index is 1170. The summed E-state index contributed by atoms with van der Waals surface area (Å²) in [4.78, 5) is 29.1. The van der Waals surface area contributed by atoms with Gasteiger partial charge in [0.1, 0.15) is 29.0 Å². The van der Waals surface area contributed by atoms with Gasteiger partial charge in [0, 0.05) is 5.39 Å². The van der Waals surface area contributed by atoms with Crippen molar-refractivity contribution >= 4 is 22.7 Å². The Hall–Kier alpha value is -4.20. The fraction of sp³-hybridized carbons (Fsp3) is 0.167. The zero-order valence-corrected chi connectivity index (χ0v) is 17.7. The highest BCUT2D eigenvalue weighted by atomic mass is 16.5. The van der Waals surface area contributed by atoms with Crippen molar-refractivity contribution in [1.29, 1.82) is 0 Å². The summed E-state index contributed by atoms with van der Waals surface area (Å²) < 4.78 is 16.0. The maximum atomic E-state index is 13.1. The van der Waals surface area contributed by atoms with Crippen LogP contribution >= 0.6 is 0 Å². The fourth-order valence-corrected chi connectivity index (χ4v) is 3.48. The van der Waals surface area contributed by atoms with Crippen LogP contribution in [0.4, 0.5) is 0 Å². The Balaban J connectivity index is 1.60. The van der Waals surface area contributed by atoms with Crippen molar-refractivity contribution in [3.8, 4) is 11.5 Å². The van der Waals surface area contributed by atoms with E-state index in [4.69, 9.17) is 13.9 Å². The zero-order chi connectivity index (χ0) is 22.5. The van der Waals surface area contributed by atoms with Crippen molar-refractivity contribution in [2.75, 3.05) is 14.2 Å². The number of carbonyl (C=O) groups is 2. The fourth-order valence-electron chi connectivity index (χ4n) is 3.48. The number of aromatic amines is 1. The van der Waals surface area contributed by atoms with E-state index in [9.17, 15) is 9.59 Å². The van der Waals surface area contributed by atoms with Crippen LogP contribution in [0, 0.1) is 0 Å². The largest absolute Gasteiger partial charge is 0.496 e. The van der Waals surface area contributed by atoms with Gasteiger partial charge in [0.25, 0.3) is 5.91 Å². The second kappa shape index (κ2) is 9.30. The Morgan fingerprint density at radius 3 is 2.44 bits per heavy atom. The van der Waals surface area contributed by atoms with E-state index >= 15 is 0 Å². The number of nitrogens with one attached hydrogen (secondary N) is 3. The summed E-state index contributed by atoms with van der Waals surface area (Å²) in [6.45, 7) is 0.214. The van der Waals surface area contributed by atoms with Crippen molar-refractivity contribution in [3.05, 3.63) is 83.9 Å². The lowest BCUT2D eigenvalue weighted by Gasteiger charge is -2.18. The molecule has 2 amide bonds. The highest BCUT2D eigenvalue weighted by Gasteiger charge is 2.25. The van der Waals surface area contributed by atoms with Gasteiger partial charge in [-0.1, -0.05) is 30.3 Å². The number of methoxy groups -OCH3 is 2. The Morgan fingerprint density at radius 2 is 1.75 bits per heavy atom. The van der Waals surface area contributed by atoms with Crippen LogP contribution in [0.2, 0.25) is 0 Å². The summed E-state index contributed by atoms with van der Waals surface area (Å²) >= 11 is 0. The van der Waals surface area contributed by atoms with Gasteiger partial charge in [-0.15, -0.1) is 0 Å². The van der Waals surface area contributed by atoms with Crippen LogP contribution in [0.3, 0.4) is 0 Å². The molecule has 3 N–H and O–H groups in total. The molecule has 8 nitrogen and oxygen atoms in total. The van der Waals surface area contributed by atoms with E-state index < -0.39 is 11.9 Å². The number of furan rings is 1. The molecule has 0 aliphatic heterocycles. The van der Waals surface area contributed by atoms with E-state index in [1.165, 1.54) is 6.26 Å². The summed E-state index contributed by atoms with van der Waals surface area (Å²) in [7, 11) is 3.11. The maximum absolute atomic E-state index is 13.1. The molecule has 0 aliphatic rings. The molecule has 0 fully saturated rings. The molecule has 2 heterocycles. The number of fused-ring (bicyclic) bond motifs is 1. The van der Waals surface area contributed by atoms with Gasteiger partial charge in [-0.3, -0.25) is 9.59 Å². The van der Waals surface area contributed by atoms with E-state index in [1.807, 2.05) is 18.2 Å². The summed E-state index contributed by atoms with van der Waals surface area (Å²) in [6.07, 6.45) is 1.54.